The molecule has 4 rings (SSSR count). The quantitative estimate of drug-likeness (QED) is 0.667. The number of carbonyl (C=O) groups is 2. The zero-order chi connectivity index (χ0) is 19.7. The highest BCUT2D eigenvalue weighted by molar-refractivity contribution is 6.12. The van der Waals surface area contributed by atoms with Crippen LogP contribution in [-0.4, -0.2) is 35.8 Å². The third-order valence-corrected chi connectivity index (χ3v) is 5.42. The largest absolute Gasteiger partial charge is 0.358 e. The molecule has 0 radical (unpaired) electrons. The molecule has 1 aliphatic rings. The summed E-state index contributed by atoms with van der Waals surface area (Å²) in [5.74, 6) is -0.204. The van der Waals surface area contributed by atoms with Gasteiger partial charge in [-0.1, -0.05) is 18.6 Å². The second kappa shape index (κ2) is 7.50. The fourth-order valence-electron chi connectivity index (χ4n) is 3.95. The number of nitrogens with one attached hydrogen (secondary N) is 2. The molecule has 28 heavy (non-hydrogen) atoms. The summed E-state index contributed by atoms with van der Waals surface area (Å²) in [5, 5.41) is 4.12. The van der Waals surface area contributed by atoms with Gasteiger partial charge in [-0.05, 0) is 61.6 Å². The van der Waals surface area contributed by atoms with Crippen LogP contribution >= 0.6 is 0 Å². The van der Waals surface area contributed by atoms with Crippen molar-refractivity contribution in [2.45, 2.75) is 32.1 Å². The SMILES string of the molecule is CN(C)C(=O)c1ccc(NC(=O)c2cccc3c4c([nH]c23)CCCCC4)cc1. The Bertz CT molecular complexity index is 1030. The normalized spacial score (nSPS) is 13.6. The Balaban J connectivity index is 1.60. The summed E-state index contributed by atoms with van der Waals surface area (Å²) in [5.41, 5.74) is 5.49. The fraction of sp³-hybridized carbons (Fsp3) is 0.304. The molecule has 3 aromatic rings. The smallest absolute Gasteiger partial charge is 0.257 e. The molecule has 0 fully saturated rings. The minimum atomic E-state index is -0.145. The van der Waals surface area contributed by atoms with Gasteiger partial charge in [0.1, 0.15) is 0 Å². The monoisotopic (exact) mass is 375 g/mol. The number of hydrogen-bond acceptors (Lipinski definition) is 2. The Morgan fingerprint density at radius 3 is 2.46 bits per heavy atom. The maximum Gasteiger partial charge on any atom is 0.257 e. The zero-order valence-corrected chi connectivity index (χ0v) is 16.3. The molecule has 144 valence electrons. The summed E-state index contributed by atoms with van der Waals surface area (Å²) in [4.78, 5) is 30.0. The number of para-hydroxylation sites is 1. The first-order chi connectivity index (χ1) is 13.5. The summed E-state index contributed by atoms with van der Waals surface area (Å²) in [6, 6.07) is 12.9. The molecule has 1 heterocycles. The van der Waals surface area contributed by atoms with Gasteiger partial charge in [0.25, 0.3) is 11.8 Å². The Labute approximate surface area is 164 Å². The summed E-state index contributed by atoms with van der Waals surface area (Å²) in [6.07, 6.45) is 5.78. The number of aromatic nitrogens is 1. The number of carbonyl (C=O) groups excluding carboxylic acids is 2. The van der Waals surface area contributed by atoms with E-state index in [9.17, 15) is 9.59 Å². The molecule has 2 aromatic carbocycles. The van der Waals surface area contributed by atoms with E-state index in [2.05, 4.69) is 16.4 Å². The van der Waals surface area contributed by atoms with Crippen molar-refractivity contribution in [2.75, 3.05) is 19.4 Å². The lowest BCUT2D eigenvalue weighted by Gasteiger charge is -2.11. The van der Waals surface area contributed by atoms with Gasteiger partial charge in [-0.2, -0.15) is 0 Å². The number of aryl methyl sites for hydroxylation is 2. The summed E-state index contributed by atoms with van der Waals surface area (Å²) in [7, 11) is 3.44. The van der Waals surface area contributed by atoms with E-state index >= 15 is 0 Å². The molecule has 0 atom stereocenters. The summed E-state index contributed by atoms with van der Waals surface area (Å²) < 4.78 is 0. The zero-order valence-electron chi connectivity index (χ0n) is 16.3. The molecular formula is C23H25N3O2. The van der Waals surface area contributed by atoms with Gasteiger partial charge < -0.3 is 15.2 Å². The van der Waals surface area contributed by atoms with Crippen LogP contribution in [0.3, 0.4) is 0 Å². The van der Waals surface area contributed by atoms with Crippen molar-refractivity contribution in [1.29, 1.82) is 0 Å². The van der Waals surface area contributed by atoms with Gasteiger partial charge in [0.05, 0.1) is 11.1 Å². The molecule has 0 aliphatic heterocycles. The molecule has 0 bridgehead atoms. The number of nitrogens with zero attached hydrogens (tertiary/aromatic N) is 1. The van der Waals surface area contributed by atoms with E-state index in [1.54, 1.807) is 38.4 Å². The number of rotatable bonds is 3. The van der Waals surface area contributed by atoms with Crippen molar-refractivity contribution in [3.05, 3.63) is 64.8 Å². The van der Waals surface area contributed by atoms with E-state index < -0.39 is 0 Å². The molecular weight excluding hydrogens is 350 g/mol. The van der Waals surface area contributed by atoms with E-state index in [1.165, 1.54) is 35.4 Å². The van der Waals surface area contributed by atoms with Gasteiger partial charge in [-0.3, -0.25) is 9.59 Å². The molecule has 2 amide bonds. The van der Waals surface area contributed by atoms with E-state index in [0.717, 1.165) is 23.7 Å². The minimum Gasteiger partial charge on any atom is -0.358 e. The number of fused-ring (bicyclic) bond motifs is 3. The molecule has 5 nitrogen and oxygen atoms in total. The van der Waals surface area contributed by atoms with Gasteiger partial charge in [0.2, 0.25) is 0 Å². The van der Waals surface area contributed by atoms with Gasteiger partial charge in [-0.25, -0.2) is 0 Å². The molecule has 5 heteroatoms. The molecule has 1 aliphatic carbocycles. The first kappa shape index (κ1) is 18.3. The first-order valence-electron chi connectivity index (χ1n) is 9.80. The highest BCUT2D eigenvalue weighted by Gasteiger charge is 2.19. The van der Waals surface area contributed by atoms with Crippen molar-refractivity contribution in [3.63, 3.8) is 0 Å². The van der Waals surface area contributed by atoms with Crippen LogP contribution in [0.1, 0.15) is 51.2 Å². The minimum absolute atomic E-state index is 0.0597. The molecule has 0 unspecified atom stereocenters. The van der Waals surface area contributed by atoms with Gasteiger partial charge >= 0.3 is 0 Å². The predicted octanol–water partition coefficient (Wildman–Crippen LogP) is 4.39. The van der Waals surface area contributed by atoms with Crippen LogP contribution in [0.5, 0.6) is 0 Å². The maximum absolute atomic E-state index is 12.9. The number of amides is 2. The van der Waals surface area contributed by atoms with E-state index in [4.69, 9.17) is 0 Å². The lowest BCUT2D eigenvalue weighted by Crippen LogP contribution is -2.21. The molecule has 0 saturated carbocycles. The Morgan fingerprint density at radius 2 is 1.71 bits per heavy atom. The summed E-state index contributed by atoms with van der Waals surface area (Å²) in [6.45, 7) is 0. The maximum atomic E-state index is 12.9. The second-order valence-electron chi connectivity index (χ2n) is 7.60. The average molecular weight is 375 g/mol. The van der Waals surface area contributed by atoms with Crippen molar-refractivity contribution >= 4 is 28.4 Å². The fourth-order valence-corrected chi connectivity index (χ4v) is 3.95. The highest BCUT2D eigenvalue weighted by atomic mass is 16.2. The van der Waals surface area contributed by atoms with Gasteiger partial charge in [-0.15, -0.1) is 0 Å². The van der Waals surface area contributed by atoms with Gasteiger partial charge in [0, 0.05) is 36.4 Å². The van der Waals surface area contributed by atoms with Crippen LogP contribution in [0.15, 0.2) is 42.5 Å². The number of hydrogen-bond donors (Lipinski definition) is 2. The molecule has 0 spiro atoms. The Morgan fingerprint density at radius 1 is 0.964 bits per heavy atom. The van der Waals surface area contributed by atoms with Crippen molar-refractivity contribution in [1.82, 2.24) is 9.88 Å². The first-order valence-corrected chi connectivity index (χ1v) is 9.80. The highest BCUT2D eigenvalue weighted by Crippen LogP contribution is 2.30. The lowest BCUT2D eigenvalue weighted by atomic mass is 10.0. The van der Waals surface area contributed by atoms with E-state index in [-0.39, 0.29) is 11.8 Å². The number of H-pyrrole nitrogens is 1. The average Bonchev–Trinajstić information content (AvgIpc) is 2.89. The Kier molecular flexibility index (Phi) is 4.90. The number of benzene rings is 2. The number of anilines is 1. The van der Waals surface area contributed by atoms with Crippen LogP contribution < -0.4 is 5.32 Å². The molecule has 1 aromatic heterocycles. The van der Waals surface area contributed by atoms with Crippen molar-refractivity contribution in [3.8, 4) is 0 Å². The van der Waals surface area contributed by atoms with Crippen LogP contribution in [0.2, 0.25) is 0 Å². The third kappa shape index (κ3) is 3.40. The number of aromatic amines is 1. The van der Waals surface area contributed by atoms with Crippen LogP contribution in [0, 0.1) is 0 Å². The lowest BCUT2D eigenvalue weighted by molar-refractivity contribution is 0.0827. The van der Waals surface area contributed by atoms with Crippen LogP contribution in [-0.2, 0) is 12.8 Å². The van der Waals surface area contributed by atoms with E-state index in [1.807, 2.05) is 12.1 Å². The Hall–Kier alpha value is -3.08. The van der Waals surface area contributed by atoms with Crippen molar-refractivity contribution in [2.24, 2.45) is 0 Å². The molecule has 2 N–H and O–H groups in total. The summed E-state index contributed by atoms with van der Waals surface area (Å²) >= 11 is 0. The van der Waals surface area contributed by atoms with Crippen LogP contribution in [0.25, 0.3) is 10.9 Å². The van der Waals surface area contributed by atoms with Crippen molar-refractivity contribution < 1.29 is 9.59 Å². The predicted molar refractivity (Wildman–Crippen MR) is 112 cm³/mol. The van der Waals surface area contributed by atoms with Gasteiger partial charge in [0.15, 0.2) is 0 Å². The topological polar surface area (TPSA) is 65.2 Å². The van der Waals surface area contributed by atoms with Crippen LogP contribution in [0.4, 0.5) is 5.69 Å². The van der Waals surface area contributed by atoms with E-state index in [0.29, 0.717) is 16.8 Å². The standard InChI is InChI=1S/C23H25N3O2/c1-26(2)23(28)15-11-13-16(14-12-15)24-22(27)19-9-6-8-18-17-7-4-3-5-10-20(17)25-21(18)19/h6,8-9,11-14,25H,3-5,7,10H2,1-2H3,(H,24,27). The second-order valence-corrected chi connectivity index (χ2v) is 7.60. The molecule has 0 saturated heterocycles. The third-order valence-electron chi connectivity index (χ3n) is 5.42.